The van der Waals surface area contributed by atoms with E-state index in [1.807, 2.05) is 32.0 Å². The fraction of sp³-hybridized carbons (Fsp3) is 0.286. The summed E-state index contributed by atoms with van der Waals surface area (Å²) < 4.78 is 38.4. The fourth-order valence-corrected chi connectivity index (χ4v) is 2.66. The summed E-state index contributed by atoms with van der Waals surface area (Å²) in [5.74, 6) is -0.993. The summed E-state index contributed by atoms with van der Waals surface area (Å²) in [6.45, 7) is 3.84. The van der Waals surface area contributed by atoms with Crippen LogP contribution < -0.4 is 5.32 Å². The Morgan fingerprint density at radius 1 is 1.10 bits per heavy atom. The first-order valence-electron chi connectivity index (χ1n) is 6.19. The standard InChI is InChI=1S/C14H14F3N3S/c1-8-4-5-9(2)10(6-8)21-12-7-11(18-3)19-13(20-12)14(15,16)17/h4-7H,1-3H3,(H,18,19,20). The highest BCUT2D eigenvalue weighted by Gasteiger charge is 2.35. The summed E-state index contributed by atoms with van der Waals surface area (Å²) in [5, 5.41) is 2.89. The van der Waals surface area contributed by atoms with Crippen molar-refractivity contribution >= 4 is 17.6 Å². The van der Waals surface area contributed by atoms with Crippen LogP contribution in [0.15, 0.2) is 34.2 Å². The molecule has 7 heteroatoms. The number of anilines is 1. The molecule has 3 nitrogen and oxygen atoms in total. The maximum atomic E-state index is 12.8. The first-order valence-corrected chi connectivity index (χ1v) is 7.00. The monoisotopic (exact) mass is 313 g/mol. The SMILES string of the molecule is CNc1cc(Sc2cc(C)ccc2C)nc(C(F)(F)F)n1. The van der Waals surface area contributed by atoms with Crippen LogP contribution >= 0.6 is 11.8 Å². The summed E-state index contributed by atoms with van der Waals surface area (Å²) in [6, 6.07) is 7.32. The summed E-state index contributed by atoms with van der Waals surface area (Å²) in [7, 11) is 1.52. The molecule has 112 valence electrons. The molecule has 1 aromatic heterocycles. The maximum absolute atomic E-state index is 12.8. The second-order valence-electron chi connectivity index (χ2n) is 4.53. The number of rotatable bonds is 3. The van der Waals surface area contributed by atoms with Crippen molar-refractivity contribution in [2.24, 2.45) is 0 Å². The second-order valence-corrected chi connectivity index (χ2v) is 5.60. The number of nitrogens with zero attached hydrogens (tertiary/aromatic N) is 2. The summed E-state index contributed by atoms with van der Waals surface area (Å²) in [5.41, 5.74) is 2.03. The van der Waals surface area contributed by atoms with Gasteiger partial charge in [0.15, 0.2) is 0 Å². The largest absolute Gasteiger partial charge is 0.451 e. The van der Waals surface area contributed by atoms with Crippen molar-refractivity contribution in [3.8, 4) is 0 Å². The third-order valence-electron chi connectivity index (χ3n) is 2.77. The zero-order valence-corrected chi connectivity index (χ0v) is 12.6. The Morgan fingerprint density at radius 3 is 2.43 bits per heavy atom. The minimum absolute atomic E-state index is 0.144. The van der Waals surface area contributed by atoms with Crippen LogP contribution in [0.5, 0.6) is 0 Å². The van der Waals surface area contributed by atoms with Gasteiger partial charge in [0.2, 0.25) is 5.82 Å². The van der Waals surface area contributed by atoms with Crippen LogP contribution in [-0.4, -0.2) is 17.0 Å². The van der Waals surface area contributed by atoms with E-state index >= 15 is 0 Å². The normalized spacial score (nSPS) is 11.5. The number of aromatic nitrogens is 2. The number of hydrogen-bond donors (Lipinski definition) is 1. The molecule has 2 aromatic rings. The zero-order chi connectivity index (χ0) is 15.6. The van der Waals surface area contributed by atoms with E-state index in [0.717, 1.165) is 16.0 Å². The molecule has 1 N–H and O–H groups in total. The van der Waals surface area contributed by atoms with Crippen LogP contribution in [0.2, 0.25) is 0 Å². The van der Waals surface area contributed by atoms with Crippen molar-refractivity contribution in [3.63, 3.8) is 0 Å². The minimum atomic E-state index is -4.57. The summed E-state index contributed by atoms with van der Waals surface area (Å²) >= 11 is 1.20. The lowest BCUT2D eigenvalue weighted by Crippen LogP contribution is -2.12. The van der Waals surface area contributed by atoms with Crippen molar-refractivity contribution in [1.82, 2.24) is 9.97 Å². The fourth-order valence-electron chi connectivity index (χ4n) is 1.66. The first-order chi connectivity index (χ1) is 9.79. The van der Waals surface area contributed by atoms with Gasteiger partial charge in [-0.2, -0.15) is 13.2 Å². The highest BCUT2D eigenvalue weighted by molar-refractivity contribution is 7.99. The Kier molecular flexibility index (Phi) is 4.41. The topological polar surface area (TPSA) is 37.8 Å². The molecule has 0 bridgehead atoms. The smallest absolute Gasteiger partial charge is 0.373 e. The maximum Gasteiger partial charge on any atom is 0.451 e. The number of alkyl halides is 3. The highest BCUT2D eigenvalue weighted by Crippen LogP contribution is 2.33. The molecule has 0 aliphatic rings. The lowest BCUT2D eigenvalue weighted by atomic mass is 10.2. The molecule has 0 saturated heterocycles. The number of nitrogens with one attached hydrogen (secondary N) is 1. The van der Waals surface area contributed by atoms with Crippen molar-refractivity contribution in [1.29, 1.82) is 0 Å². The van der Waals surface area contributed by atoms with Crippen LogP contribution in [-0.2, 0) is 6.18 Å². The molecule has 0 aliphatic heterocycles. The molecule has 1 aromatic carbocycles. The minimum Gasteiger partial charge on any atom is -0.373 e. The summed E-state index contributed by atoms with van der Waals surface area (Å²) in [6.07, 6.45) is -4.57. The lowest BCUT2D eigenvalue weighted by molar-refractivity contribution is -0.145. The second kappa shape index (κ2) is 5.93. The van der Waals surface area contributed by atoms with Gasteiger partial charge >= 0.3 is 6.18 Å². The number of hydrogen-bond acceptors (Lipinski definition) is 4. The molecule has 0 fully saturated rings. The van der Waals surface area contributed by atoms with Crippen LogP contribution in [0.1, 0.15) is 17.0 Å². The van der Waals surface area contributed by atoms with Crippen molar-refractivity contribution < 1.29 is 13.2 Å². The quantitative estimate of drug-likeness (QED) is 0.857. The van der Waals surface area contributed by atoms with Gasteiger partial charge in [-0.05, 0) is 31.0 Å². The van der Waals surface area contributed by atoms with E-state index < -0.39 is 12.0 Å². The molecule has 0 unspecified atom stereocenters. The van der Waals surface area contributed by atoms with E-state index in [9.17, 15) is 13.2 Å². The van der Waals surface area contributed by atoms with Gasteiger partial charge in [-0.15, -0.1) is 0 Å². The Bertz CT molecular complexity index is 656. The molecule has 1 heterocycles. The first kappa shape index (κ1) is 15.6. The molecule has 0 aliphatic carbocycles. The predicted octanol–water partition coefficient (Wildman–Crippen LogP) is 4.31. The van der Waals surface area contributed by atoms with Crippen molar-refractivity contribution in [2.75, 3.05) is 12.4 Å². The van der Waals surface area contributed by atoms with Crippen LogP contribution in [0.3, 0.4) is 0 Å². The van der Waals surface area contributed by atoms with Gasteiger partial charge in [-0.1, -0.05) is 23.9 Å². The molecule has 0 saturated carbocycles. The zero-order valence-electron chi connectivity index (χ0n) is 11.7. The molecule has 21 heavy (non-hydrogen) atoms. The van der Waals surface area contributed by atoms with E-state index in [0.29, 0.717) is 0 Å². The highest BCUT2D eigenvalue weighted by atomic mass is 32.2. The molecule has 2 rings (SSSR count). The Morgan fingerprint density at radius 2 is 1.81 bits per heavy atom. The van der Waals surface area contributed by atoms with E-state index in [1.54, 1.807) is 0 Å². The van der Waals surface area contributed by atoms with Crippen molar-refractivity contribution in [2.45, 2.75) is 29.9 Å². The average molecular weight is 313 g/mol. The van der Waals surface area contributed by atoms with Gasteiger partial charge in [-0.3, -0.25) is 0 Å². The third kappa shape index (κ3) is 3.87. The molecular formula is C14H14F3N3S. The number of aryl methyl sites for hydroxylation is 2. The molecule has 0 radical (unpaired) electrons. The average Bonchev–Trinajstić information content (AvgIpc) is 2.41. The van der Waals surface area contributed by atoms with Crippen molar-refractivity contribution in [3.05, 3.63) is 41.2 Å². The Labute approximate surface area is 125 Å². The van der Waals surface area contributed by atoms with Gasteiger partial charge < -0.3 is 5.32 Å². The van der Waals surface area contributed by atoms with Gasteiger partial charge in [0.25, 0.3) is 0 Å². The molecule has 0 spiro atoms. The number of benzene rings is 1. The van der Waals surface area contributed by atoms with E-state index in [-0.39, 0.29) is 10.8 Å². The van der Waals surface area contributed by atoms with E-state index in [1.165, 1.54) is 24.9 Å². The predicted molar refractivity (Wildman–Crippen MR) is 76.6 cm³/mol. The summed E-state index contributed by atoms with van der Waals surface area (Å²) in [4.78, 5) is 7.93. The van der Waals surface area contributed by atoms with Gasteiger partial charge in [0.05, 0.1) is 0 Å². The van der Waals surface area contributed by atoms with Gasteiger partial charge in [0.1, 0.15) is 10.8 Å². The lowest BCUT2D eigenvalue weighted by Gasteiger charge is -2.11. The Balaban J connectivity index is 2.42. The van der Waals surface area contributed by atoms with Crippen LogP contribution in [0.4, 0.5) is 19.0 Å². The van der Waals surface area contributed by atoms with E-state index in [2.05, 4.69) is 15.3 Å². The molecule has 0 atom stereocenters. The van der Waals surface area contributed by atoms with E-state index in [4.69, 9.17) is 0 Å². The van der Waals surface area contributed by atoms with Gasteiger partial charge in [0, 0.05) is 18.0 Å². The van der Waals surface area contributed by atoms with Crippen LogP contribution in [0, 0.1) is 13.8 Å². The number of halogens is 3. The Hall–Kier alpha value is -1.76. The van der Waals surface area contributed by atoms with Gasteiger partial charge in [-0.25, -0.2) is 9.97 Å². The van der Waals surface area contributed by atoms with Crippen LogP contribution in [0.25, 0.3) is 0 Å². The molecular weight excluding hydrogens is 299 g/mol. The third-order valence-corrected chi connectivity index (χ3v) is 3.85. The molecule has 0 amide bonds.